The fraction of sp³-hybridized carbons (Fsp3) is 0.0800. The summed E-state index contributed by atoms with van der Waals surface area (Å²) in [6.07, 6.45) is 2.53. The van der Waals surface area contributed by atoms with Crippen LogP contribution in [0.15, 0.2) is 83.6 Å². The predicted molar refractivity (Wildman–Crippen MR) is 133 cm³/mol. The zero-order valence-electron chi connectivity index (χ0n) is 19.0. The number of anilines is 1. The van der Waals surface area contributed by atoms with Gasteiger partial charge in [-0.1, -0.05) is 30.3 Å². The van der Waals surface area contributed by atoms with Gasteiger partial charge < -0.3 is 15.3 Å². The van der Waals surface area contributed by atoms with E-state index >= 15 is 0 Å². The fourth-order valence-corrected chi connectivity index (χ4v) is 3.01. The zero-order valence-corrected chi connectivity index (χ0v) is 19.0. The quantitative estimate of drug-likeness (QED) is 0.199. The molecule has 0 saturated carbocycles. The Kier molecular flexibility index (Phi) is 7.91. The number of hydrazone groups is 1. The van der Waals surface area contributed by atoms with Crippen molar-refractivity contribution in [3.63, 3.8) is 0 Å². The maximum absolute atomic E-state index is 12.9. The van der Waals surface area contributed by atoms with Crippen molar-refractivity contribution in [1.29, 1.82) is 0 Å². The highest BCUT2D eigenvalue weighted by molar-refractivity contribution is 6.05. The number of carbonyl (C=O) groups is 2. The van der Waals surface area contributed by atoms with Crippen LogP contribution in [-0.2, 0) is 4.79 Å². The molecule has 0 fully saturated rings. The van der Waals surface area contributed by atoms with E-state index < -0.39 is 16.7 Å². The van der Waals surface area contributed by atoms with E-state index in [0.29, 0.717) is 11.1 Å². The molecular weight excluding hydrogens is 450 g/mol. The summed E-state index contributed by atoms with van der Waals surface area (Å²) in [4.78, 5) is 38.0. The molecule has 0 aromatic heterocycles. The Morgan fingerprint density at radius 3 is 2.34 bits per heavy atom. The number of benzene rings is 3. The number of carbonyl (C=O) groups excluding carboxylic acids is 2. The van der Waals surface area contributed by atoms with Crippen LogP contribution in [0.3, 0.4) is 0 Å². The molecule has 0 aliphatic carbocycles. The molecule has 0 unspecified atom stereocenters. The molecule has 3 aromatic rings. The summed E-state index contributed by atoms with van der Waals surface area (Å²) >= 11 is 0. The summed E-state index contributed by atoms with van der Waals surface area (Å²) in [6.45, 7) is 0. The van der Waals surface area contributed by atoms with Crippen molar-refractivity contribution in [2.24, 2.45) is 5.10 Å². The molecule has 2 amide bonds. The summed E-state index contributed by atoms with van der Waals surface area (Å²) in [6, 6.07) is 19.1. The van der Waals surface area contributed by atoms with Crippen molar-refractivity contribution in [3.8, 4) is 5.75 Å². The molecule has 0 aliphatic heterocycles. The number of phenols is 1. The monoisotopic (exact) mass is 473 g/mol. The van der Waals surface area contributed by atoms with E-state index in [1.54, 1.807) is 42.5 Å². The lowest BCUT2D eigenvalue weighted by atomic mass is 10.1. The number of nitrogens with zero attached hydrogens (tertiary/aromatic N) is 3. The van der Waals surface area contributed by atoms with Crippen molar-refractivity contribution in [2.45, 2.75) is 0 Å². The number of nitro benzene ring substituents is 1. The molecule has 0 atom stereocenters. The van der Waals surface area contributed by atoms with Gasteiger partial charge in [0.1, 0.15) is 11.4 Å². The van der Waals surface area contributed by atoms with Gasteiger partial charge in [0.25, 0.3) is 17.5 Å². The molecule has 178 valence electrons. The smallest absolute Gasteiger partial charge is 0.287 e. The first-order valence-corrected chi connectivity index (χ1v) is 10.4. The lowest BCUT2D eigenvalue weighted by molar-refractivity contribution is -0.385. The van der Waals surface area contributed by atoms with E-state index in [0.717, 1.165) is 24.0 Å². The normalized spacial score (nSPS) is 11.2. The second-order valence-electron chi connectivity index (χ2n) is 7.56. The van der Waals surface area contributed by atoms with Crippen molar-refractivity contribution in [2.75, 3.05) is 19.0 Å². The van der Waals surface area contributed by atoms with Gasteiger partial charge in [0.2, 0.25) is 0 Å². The minimum absolute atomic E-state index is 0.00609. The minimum atomic E-state index is -0.745. The molecule has 0 aliphatic rings. The highest BCUT2D eigenvalue weighted by Gasteiger charge is 2.16. The maximum Gasteiger partial charge on any atom is 0.287 e. The van der Waals surface area contributed by atoms with Crippen LogP contribution >= 0.6 is 0 Å². The number of rotatable bonds is 8. The van der Waals surface area contributed by atoms with Gasteiger partial charge in [-0.3, -0.25) is 19.7 Å². The van der Waals surface area contributed by atoms with Gasteiger partial charge in [-0.05, 0) is 48.0 Å². The van der Waals surface area contributed by atoms with E-state index in [2.05, 4.69) is 15.8 Å². The molecule has 3 rings (SSSR count). The summed E-state index contributed by atoms with van der Waals surface area (Å²) in [5.74, 6) is -1.44. The SMILES string of the molecule is CN(C)c1ccc(/C=C(\NC(=O)c2ccccc2)C(=O)N/N=C\c2cc(O)ccc2[N+](=O)[O-])cc1. The van der Waals surface area contributed by atoms with E-state index in [1.807, 2.05) is 31.1 Å². The van der Waals surface area contributed by atoms with Crippen molar-refractivity contribution in [1.82, 2.24) is 10.7 Å². The molecule has 0 bridgehead atoms. The average Bonchev–Trinajstić information content (AvgIpc) is 2.84. The lowest BCUT2D eigenvalue weighted by Gasteiger charge is -2.12. The number of hydrogen-bond donors (Lipinski definition) is 3. The van der Waals surface area contributed by atoms with Gasteiger partial charge >= 0.3 is 0 Å². The third-order valence-corrected chi connectivity index (χ3v) is 4.83. The van der Waals surface area contributed by atoms with Crippen LogP contribution in [-0.4, -0.2) is 42.2 Å². The lowest BCUT2D eigenvalue weighted by Crippen LogP contribution is -2.32. The maximum atomic E-state index is 12.9. The van der Waals surface area contributed by atoms with Gasteiger partial charge in [0.05, 0.1) is 16.7 Å². The Morgan fingerprint density at radius 2 is 1.71 bits per heavy atom. The standard InChI is InChI=1S/C25H23N5O5/c1-29(2)20-10-8-17(9-11-20)14-22(27-24(32)18-6-4-3-5-7-18)25(33)28-26-16-19-15-21(31)12-13-23(19)30(34)35/h3-16,31H,1-2H3,(H,27,32)(H,28,33)/b22-14-,26-16-. The molecule has 3 N–H and O–H groups in total. The van der Waals surface area contributed by atoms with Gasteiger partial charge in [0.15, 0.2) is 0 Å². The van der Waals surface area contributed by atoms with Crippen molar-refractivity contribution in [3.05, 3.63) is 105 Å². The molecular formula is C25H23N5O5. The fourth-order valence-electron chi connectivity index (χ4n) is 3.01. The number of amides is 2. The van der Waals surface area contributed by atoms with Crippen molar-refractivity contribution >= 4 is 35.5 Å². The van der Waals surface area contributed by atoms with Crippen LogP contribution in [0, 0.1) is 10.1 Å². The van der Waals surface area contributed by atoms with E-state index in [4.69, 9.17) is 0 Å². The Bertz CT molecular complexity index is 1290. The van der Waals surface area contributed by atoms with E-state index in [1.165, 1.54) is 12.1 Å². The Morgan fingerprint density at radius 1 is 1.03 bits per heavy atom. The van der Waals surface area contributed by atoms with Gasteiger partial charge in [-0.2, -0.15) is 5.10 Å². The van der Waals surface area contributed by atoms with Crippen LogP contribution < -0.4 is 15.6 Å². The minimum Gasteiger partial charge on any atom is -0.508 e. The predicted octanol–water partition coefficient (Wildman–Crippen LogP) is 3.29. The molecule has 0 heterocycles. The third kappa shape index (κ3) is 6.75. The van der Waals surface area contributed by atoms with E-state index in [9.17, 15) is 24.8 Å². The van der Waals surface area contributed by atoms with Crippen molar-refractivity contribution < 1.29 is 19.6 Å². The zero-order chi connectivity index (χ0) is 25.4. The molecule has 0 spiro atoms. The molecule has 3 aromatic carbocycles. The molecule has 10 heteroatoms. The number of nitro groups is 1. The highest BCUT2D eigenvalue weighted by Crippen LogP contribution is 2.21. The number of aromatic hydroxyl groups is 1. The highest BCUT2D eigenvalue weighted by atomic mass is 16.6. The summed E-state index contributed by atoms with van der Waals surface area (Å²) in [5, 5.41) is 27.1. The first kappa shape index (κ1) is 24.6. The first-order valence-electron chi connectivity index (χ1n) is 10.4. The number of hydrogen-bond acceptors (Lipinski definition) is 7. The second kappa shape index (κ2) is 11.2. The van der Waals surface area contributed by atoms with Crippen LogP contribution in [0.5, 0.6) is 5.75 Å². The third-order valence-electron chi connectivity index (χ3n) is 4.83. The topological polar surface area (TPSA) is 137 Å². The Labute approximate surface area is 201 Å². The van der Waals surface area contributed by atoms with Crippen LogP contribution in [0.25, 0.3) is 6.08 Å². The van der Waals surface area contributed by atoms with Gasteiger partial charge in [0, 0.05) is 31.4 Å². The van der Waals surface area contributed by atoms with Crippen LogP contribution in [0.4, 0.5) is 11.4 Å². The molecule has 0 radical (unpaired) electrons. The second-order valence-corrected chi connectivity index (χ2v) is 7.56. The van der Waals surface area contributed by atoms with E-state index in [-0.39, 0.29) is 22.7 Å². The van der Waals surface area contributed by atoms with Gasteiger partial charge in [-0.25, -0.2) is 5.43 Å². The number of nitrogens with one attached hydrogen (secondary N) is 2. The Balaban J connectivity index is 1.86. The summed E-state index contributed by atoms with van der Waals surface area (Å²) in [7, 11) is 3.80. The molecule has 10 nitrogen and oxygen atoms in total. The van der Waals surface area contributed by atoms with Gasteiger partial charge in [-0.15, -0.1) is 0 Å². The average molecular weight is 473 g/mol. The Hall–Kier alpha value is -4.99. The number of phenolic OH excluding ortho intramolecular Hbond substituents is 1. The molecule has 35 heavy (non-hydrogen) atoms. The first-order chi connectivity index (χ1) is 16.7. The largest absolute Gasteiger partial charge is 0.508 e. The summed E-state index contributed by atoms with van der Waals surface area (Å²) < 4.78 is 0. The molecule has 0 saturated heterocycles. The summed E-state index contributed by atoms with van der Waals surface area (Å²) in [5.41, 5.74) is 3.84. The van der Waals surface area contributed by atoms with Crippen LogP contribution in [0.2, 0.25) is 0 Å². The van der Waals surface area contributed by atoms with Crippen LogP contribution in [0.1, 0.15) is 21.5 Å².